The minimum atomic E-state index is -0.892. The summed E-state index contributed by atoms with van der Waals surface area (Å²) in [5.74, 6) is -1.38. The summed E-state index contributed by atoms with van der Waals surface area (Å²) in [5, 5.41) is 0. The van der Waals surface area contributed by atoms with Crippen LogP contribution in [0.4, 0.5) is 13.2 Å². The first-order chi connectivity index (χ1) is 18.0. The first kappa shape index (κ1) is 24.8. The number of allylic oxidation sites excluding steroid dienone is 3. The lowest BCUT2D eigenvalue weighted by molar-refractivity contribution is 0.454. The number of benzene rings is 4. The van der Waals surface area contributed by atoms with E-state index in [0.717, 1.165) is 37.7 Å². The van der Waals surface area contributed by atoms with Gasteiger partial charge in [-0.1, -0.05) is 91.0 Å². The van der Waals surface area contributed by atoms with Crippen molar-refractivity contribution in [3.63, 3.8) is 0 Å². The van der Waals surface area contributed by atoms with E-state index >= 15 is 4.39 Å². The van der Waals surface area contributed by atoms with Crippen LogP contribution in [-0.4, -0.2) is 0 Å². The van der Waals surface area contributed by atoms with Gasteiger partial charge in [-0.25, -0.2) is 13.2 Å². The smallest absolute Gasteiger partial charge is 0.167 e. The Balaban J connectivity index is 1.35. The zero-order valence-electron chi connectivity index (χ0n) is 20.7. The zero-order valence-corrected chi connectivity index (χ0v) is 20.7. The molecule has 0 saturated carbocycles. The van der Waals surface area contributed by atoms with E-state index in [4.69, 9.17) is 0 Å². The summed E-state index contributed by atoms with van der Waals surface area (Å²) >= 11 is 0. The molecule has 4 aromatic rings. The van der Waals surface area contributed by atoms with Crippen LogP contribution in [0.3, 0.4) is 0 Å². The van der Waals surface area contributed by atoms with Crippen molar-refractivity contribution in [1.82, 2.24) is 0 Å². The maximum Gasteiger partial charge on any atom is 0.167 e. The lowest BCUT2D eigenvalue weighted by Gasteiger charge is -2.22. The van der Waals surface area contributed by atoms with Gasteiger partial charge in [0.15, 0.2) is 11.6 Å². The van der Waals surface area contributed by atoms with Crippen LogP contribution < -0.4 is 0 Å². The highest BCUT2D eigenvalue weighted by molar-refractivity contribution is 5.75. The van der Waals surface area contributed by atoms with E-state index in [1.807, 2.05) is 18.2 Å². The third-order valence-electron chi connectivity index (χ3n) is 7.31. The molecule has 0 aromatic heterocycles. The van der Waals surface area contributed by atoms with E-state index in [2.05, 4.69) is 12.7 Å². The Hall–Kier alpha value is -3.85. The molecule has 1 aliphatic rings. The van der Waals surface area contributed by atoms with Gasteiger partial charge in [-0.3, -0.25) is 0 Å². The van der Waals surface area contributed by atoms with Gasteiger partial charge >= 0.3 is 0 Å². The van der Waals surface area contributed by atoms with Crippen LogP contribution in [0, 0.1) is 23.4 Å². The monoisotopic (exact) mass is 494 g/mol. The molecule has 1 aliphatic carbocycles. The van der Waals surface area contributed by atoms with Gasteiger partial charge in [-0.05, 0) is 71.9 Å². The molecule has 0 spiro atoms. The van der Waals surface area contributed by atoms with Crippen LogP contribution in [0.5, 0.6) is 0 Å². The highest BCUT2D eigenvalue weighted by Crippen LogP contribution is 2.36. The average molecular weight is 495 g/mol. The minimum Gasteiger partial charge on any atom is -0.206 e. The van der Waals surface area contributed by atoms with Crippen LogP contribution in [0.25, 0.3) is 39.0 Å². The Labute approximate surface area is 216 Å². The molecule has 3 heteroatoms. The molecule has 0 nitrogen and oxygen atoms in total. The van der Waals surface area contributed by atoms with Crippen molar-refractivity contribution in [2.45, 2.75) is 32.1 Å². The summed E-state index contributed by atoms with van der Waals surface area (Å²) < 4.78 is 45.0. The predicted molar refractivity (Wildman–Crippen MR) is 147 cm³/mol. The predicted octanol–water partition coefficient (Wildman–Crippen LogP) is 10.3. The van der Waals surface area contributed by atoms with Crippen molar-refractivity contribution >= 4 is 5.57 Å². The van der Waals surface area contributed by atoms with Crippen molar-refractivity contribution in [3.8, 4) is 33.4 Å². The minimum absolute atomic E-state index is 0.176. The van der Waals surface area contributed by atoms with Crippen LogP contribution in [0.2, 0.25) is 0 Å². The van der Waals surface area contributed by atoms with E-state index in [0.29, 0.717) is 28.2 Å². The van der Waals surface area contributed by atoms with E-state index in [1.165, 1.54) is 5.57 Å². The van der Waals surface area contributed by atoms with Gasteiger partial charge in [0.2, 0.25) is 0 Å². The molecular weight excluding hydrogens is 465 g/mol. The van der Waals surface area contributed by atoms with E-state index < -0.39 is 11.6 Å². The molecule has 0 amide bonds. The number of hydrogen-bond acceptors (Lipinski definition) is 0. The highest BCUT2D eigenvalue weighted by atomic mass is 19.2. The van der Waals surface area contributed by atoms with Crippen LogP contribution in [-0.2, 0) is 0 Å². The van der Waals surface area contributed by atoms with Crippen LogP contribution in [0.1, 0.15) is 37.7 Å². The van der Waals surface area contributed by atoms with E-state index in [9.17, 15) is 8.78 Å². The average Bonchev–Trinajstić information content (AvgIpc) is 2.94. The number of hydrogen-bond donors (Lipinski definition) is 0. The second-order valence-corrected chi connectivity index (χ2v) is 9.66. The maximum atomic E-state index is 15.1. The Morgan fingerprint density at radius 1 is 0.703 bits per heavy atom. The maximum absolute atomic E-state index is 15.1. The Kier molecular flexibility index (Phi) is 7.41. The normalized spacial score (nSPS) is 15.3. The van der Waals surface area contributed by atoms with Crippen LogP contribution >= 0.6 is 0 Å². The van der Waals surface area contributed by atoms with Gasteiger partial charge in [0, 0.05) is 16.7 Å². The second-order valence-electron chi connectivity index (χ2n) is 9.66. The molecule has 5 rings (SSSR count). The fourth-order valence-electron chi connectivity index (χ4n) is 5.16. The van der Waals surface area contributed by atoms with Gasteiger partial charge in [0.05, 0.1) is 0 Å². The molecule has 0 N–H and O–H groups in total. The first-order valence-corrected chi connectivity index (χ1v) is 12.8. The molecule has 0 fully saturated rings. The molecule has 1 unspecified atom stereocenters. The van der Waals surface area contributed by atoms with Gasteiger partial charge < -0.3 is 0 Å². The number of rotatable bonds is 7. The summed E-state index contributed by atoms with van der Waals surface area (Å²) in [5.41, 5.74) is 4.86. The molecule has 0 aliphatic heterocycles. The summed E-state index contributed by atoms with van der Waals surface area (Å²) in [6, 6.07) is 24.4. The van der Waals surface area contributed by atoms with Crippen molar-refractivity contribution in [1.29, 1.82) is 0 Å². The highest BCUT2D eigenvalue weighted by Gasteiger charge is 2.18. The summed E-state index contributed by atoms with van der Waals surface area (Å²) in [6.07, 6.45) is 9.51. The molecule has 4 aromatic carbocycles. The first-order valence-electron chi connectivity index (χ1n) is 12.8. The van der Waals surface area contributed by atoms with Gasteiger partial charge in [0.1, 0.15) is 5.82 Å². The summed E-state index contributed by atoms with van der Waals surface area (Å²) in [7, 11) is 0. The SMILES string of the molecule is C=CCCC1CC=C(c2ccc(-c3ccc(-c4ccc(-c5ccccc5)c(F)c4F)cc3)c(F)c2)CC1. The van der Waals surface area contributed by atoms with Crippen molar-refractivity contribution in [2.24, 2.45) is 5.92 Å². The fourth-order valence-corrected chi connectivity index (χ4v) is 5.16. The molecule has 0 saturated heterocycles. The Morgan fingerprint density at radius 2 is 1.27 bits per heavy atom. The quantitative estimate of drug-likeness (QED) is 0.224. The van der Waals surface area contributed by atoms with Crippen molar-refractivity contribution in [2.75, 3.05) is 0 Å². The molecule has 0 heterocycles. The van der Waals surface area contributed by atoms with Crippen molar-refractivity contribution < 1.29 is 13.2 Å². The lowest BCUT2D eigenvalue weighted by atomic mass is 9.84. The third-order valence-corrected chi connectivity index (χ3v) is 7.31. The molecule has 186 valence electrons. The van der Waals surface area contributed by atoms with Crippen molar-refractivity contribution in [3.05, 3.63) is 127 Å². The largest absolute Gasteiger partial charge is 0.206 e. The molecule has 0 bridgehead atoms. The Bertz CT molecular complexity index is 1430. The van der Waals surface area contributed by atoms with E-state index in [-0.39, 0.29) is 16.9 Å². The topological polar surface area (TPSA) is 0 Å². The lowest BCUT2D eigenvalue weighted by Crippen LogP contribution is -2.05. The standard InChI is InChI=1S/C34H29F3/c1-2-3-7-23-10-12-24(13-11-23)28-18-19-29(32(35)22-28)26-14-16-27(17-15-26)31-21-20-30(33(36)34(31)37)25-8-5-4-6-9-25/h2,4-6,8-9,12,14-23H,1,3,7,10-11,13H2. The molecule has 0 radical (unpaired) electrons. The molecular formula is C34H29F3. The Morgan fingerprint density at radius 3 is 1.84 bits per heavy atom. The zero-order chi connectivity index (χ0) is 25.8. The van der Waals surface area contributed by atoms with Gasteiger partial charge in [-0.15, -0.1) is 6.58 Å². The number of halogens is 3. The fraction of sp³-hybridized carbons (Fsp3) is 0.176. The van der Waals surface area contributed by atoms with Gasteiger partial charge in [0.25, 0.3) is 0 Å². The van der Waals surface area contributed by atoms with E-state index in [1.54, 1.807) is 72.8 Å². The molecule has 1 atom stereocenters. The molecule has 37 heavy (non-hydrogen) atoms. The second kappa shape index (κ2) is 11.0. The van der Waals surface area contributed by atoms with Crippen LogP contribution in [0.15, 0.2) is 104 Å². The van der Waals surface area contributed by atoms with Gasteiger partial charge in [-0.2, -0.15) is 0 Å². The summed E-state index contributed by atoms with van der Waals surface area (Å²) in [4.78, 5) is 0. The summed E-state index contributed by atoms with van der Waals surface area (Å²) in [6.45, 7) is 3.80. The third kappa shape index (κ3) is 5.32.